The van der Waals surface area contributed by atoms with Gasteiger partial charge in [0.25, 0.3) is 0 Å². The minimum absolute atomic E-state index is 0.244. The van der Waals surface area contributed by atoms with Crippen molar-refractivity contribution in [3.63, 3.8) is 0 Å². The molecule has 1 aromatic carbocycles. The SMILES string of the molecule is CCC(C)c1ccc(C(NC)c2cc(Br)c(Br)s2)cc1. The summed E-state index contributed by atoms with van der Waals surface area (Å²) in [7, 11) is 2.01. The molecule has 108 valence electrons. The average Bonchev–Trinajstić information content (AvgIpc) is 2.79. The first-order valence-electron chi connectivity index (χ1n) is 6.78. The molecule has 0 bridgehead atoms. The largest absolute Gasteiger partial charge is 0.309 e. The summed E-state index contributed by atoms with van der Waals surface area (Å²) in [5.74, 6) is 0.627. The fraction of sp³-hybridized carbons (Fsp3) is 0.375. The molecule has 0 radical (unpaired) electrons. The third kappa shape index (κ3) is 3.53. The maximum atomic E-state index is 3.57. The number of hydrogen-bond donors (Lipinski definition) is 1. The minimum atomic E-state index is 0.244. The molecule has 0 saturated heterocycles. The molecule has 2 aromatic rings. The van der Waals surface area contributed by atoms with Crippen molar-refractivity contribution in [2.45, 2.75) is 32.2 Å². The summed E-state index contributed by atoms with van der Waals surface area (Å²) in [5.41, 5.74) is 2.72. The zero-order valence-electron chi connectivity index (χ0n) is 11.9. The van der Waals surface area contributed by atoms with Gasteiger partial charge in [-0.3, -0.25) is 0 Å². The van der Waals surface area contributed by atoms with Crippen molar-refractivity contribution < 1.29 is 0 Å². The zero-order valence-corrected chi connectivity index (χ0v) is 15.9. The van der Waals surface area contributed by atoms with E-state index in [0.29, 0.717) is 5.92 Å². The Morgan fingerprint density at radius 1 is 1.15 bits per heavy atom. The molecule has 2 atom stereocenters. The number of hydrogen-bond acceptors (Lipinski definition) is 2. The molecule has 1 N–H and O–H groups in total. The molecule has 1 heterocycles. The highest BCUT2D eigenvalue weighted by atomic mass is 79.9. The molecule has 0 aliphatic carbocycles. The summed E-state index contributed by atoms with van der Waals surface area (Å²) in [6.45, 7) is 4.51. The van der Waals surface area contributed by atoms with Crippen LogP contribution in [0.2, 0.25) is 0 Å². The summed E-state index contributed by atoms with van der Waals surface area (Å²) >= 11 is 8.90. The van der Waals surface area contributed by atoms with Crippen molar-refractivity contribution in [3.8, 4) is 0 Å². The van der Waals surface area contributed by atoms with E-state index in [4.69, 9.17) is 0 Å². The lowest BCUT2D eigenvalue weighted by atomic mass is 9.96. The van der Waals surface area contributed by atoms with Crippen LogP contribution in [0, 0.1) is 0 Å². The van der Waals surface area contributed by atoms with Gasteiger partial charge < -0.3 is 5.32 Å². The van der Waals surface area contributed by atoms with E-state index in [9.17, 15) is 0 Å². The summed E-state index contributed by atoms with van der Waals surface area (Å²) in [6, 6.07) is 11.4. The first-order valence-corrected chi connectivity index (χ1v) is 9.18. The van der Waals surface area contributed by atoms with E-state index < -0.39 is 0 Å². The summed E-state index contributed by atoms with van der Waals surface area (Å²) in [6.07, 6.45) is 1.18. The lowest BCUT2D eigenvalue weighted by molar-refractivity contribution is 0.699. The Morgan fingerprint density at radius 3 is 2.20 bits per heavy atom. The highest BCUT2D eigenvalue weighted by Crippen LogP contribution is 2.37. The van der Waals surface area contributed by atoms with Gasteiger partial charge >= 0.3 is 0 Å². The van der Waals surface area contributed by atoms with Gasteiger partial charge in [0.1, 0.15) is 0 Å². The molecule has 20 heavy (non-hydrogen) atoms. The number of benzene rings is 1. The molecule has 2 rings (SSSR count). The van der Waals surface area contributed by atoms with Crippen molar-refractivity contribution in [2.75, 3.05) is 7.05 Å². The zero-order chi connectivity index (χ0) is 14.7. The van der Waals surface area contributed by atoms with E-state index in [0.717, 1.165) is 8.26 Å². The maximum absolute atomic E-state index is 3.57. The molecular weight excluding hydrogens is 398 g/mol. The lowest BCUT2D eigenvalue weighted by Crippen LogP contribution is -2.16. The Labute approximate surface area is 142 Å². The van der Waals surface area contributed by atoms with Crippen LogP contribution in [0.4, 0.5) is 0 Å². The molecule has 0 spiro atoms. The van der Waals surface area contributed by atoms with Crippen molar-refractivity contribution in [3.05, 3.63) is 54.6 Å². The van der Waals surface area contributed by atoms with Gasteiger partial charge in [-0.1, -0.05) is 38.1 Å². The smallest absolute Gasteiger partial charge is 0.0843 e. The Hall–Kier alpha value is -0.160. The Balaban J connectivity index is 2.28. The molecular formula is C16H19Br2NS. The Kier molecular flexibility index (Phi) is 5.84. The van der Waals surface area contributed by atoms with E-state index in [2.05, 4.69) is 81.4 Å². The predicted molar refractivity (Wildman–Crippen MR) is 95.8 cm³/mol. The van der Waals surface area contributed by atoms with Crippen molar-refractivity contribution in [1.82, 2.24) is 5.32 Å². The molecule has 0 fully saturated rings. The third-order valence-electron chi connectivity index (χ3n) is 3.69. The second kappa shape index (κ2) is 7.21. The Morgan fingerprint density at radius 2 is 1.75 bits per heavy atom. The highest BCUT2D eigenvalue weighted by Gasteiger charge is 2.16. The first kappa shape index (κ1) is 16.2. The van der Waals surface area contributed by atoms with Gasteiger partial charge in [0.2, 0.25) is 0 Å². The summed E-state index contributed by atoms with van der Waals surface area (Å²) in [5, 5.41) is 3.41. The number of thiophene rings is 1. The Bertz CT molecular complexity index is 543. The third-order valence-corrected chi connectivity index (χ3v) is 7.01. The molecule has 0 aliphatic heterocycles. The van der Waals surface area contributed by atoms with E-state index in [1.54, 1.807) is 11.3 Å². The molecule has 1 aromatic heterocycles. The highest BCUT2D eigenvalue weighted by molar-refractivity contribution is 9.13. The van der Waals surface area contributed by atoms with Gasteiger partial charge in [-0.15, -0.1) is 11.3 Å². The van der Waals surface area contributed by atoms with E-state index in [1.807, 2.05) is 7.05 Å². The normalized spacial score (nSPS) is 14.2. The van der Waals surface area contributed by atoms with E-state index in [1.165, 1.54) is 22.4 Å². The van der Waals surface area contributed by atoms with Crippen LogP contribution in [0.5, 0.6) is 0 Å². The van der Waals surface area contributed by atoms with E-state index in [-0.39, 0.29) is 6.04 Å². The molecule has 2 unspecified atom stereocenters. The van der Waals surface area contributed by atoms with Crippen LogP contribution in [0.1, 0.15) is 48.2 Å². The van der Waals surface area contributed by atoms with Crippen LogP contribution in [0.15, 0.2) is 38.6 Å². The van der Waals surface area contributed by atoms with Gasteiger partial charge in [-0.25, -0.2) is 0 Å². The van der Waals surface area contributed by atoms with Crippen molar-refractivity contribution in [2.24, 2.45) is 0 Å². The fourth-order valence-electron chi connectivity index (χ4n) is 2.23. The van der Waals surface area contributed by atoms with Gasteiger partial charge in [-0.05, 0) is 68.4 Å². The standard InChI is InChI=1S/C16H19Br2NS/c1-4-10(2)11-5-7-12(8-6-11)15(19-3)14-9-13(17)16(18)20-14/h5-10,15,19H,4H2,1-3H3. The molecule has 0 amide bonds. The lowest BCUT2D eigenvalue weighted by Gasteiger charge is -2.16. The topological polar surface area (TPSA) is 12.0 Å². The minimum Gasteiger partial charge on any atom is -0.309 e. The average molecular weight is 417 g/mol. The maximum Gasteiger partial charge on any atom is 0.0843 e. The van der Waals surface area contributed by atoms with Gasteiger partial charge in [0, 0.05) is 9.35 Å². The van der Waals surface area contributed by atoms with Gasteiger partial charge in [-0.2, -0.15) is 0 Å². The number of halogens is 2. The van der Waals surface area contributed by atoms with E-state index >= 15 is 0 Å². The van der Waals surface area contributed by atoms with Gasteiger partial charge in [0.05, 0.1) is 9.83 Å². The second-order valence-electron chi connectivity index (χ2n) is 4.97. The monoisotopic (exact) mass is 415 g/mol. The van der Waals surface area contributed by atoms with Crippen LogP contribution < -0.4 is 5.32 Å². The van der Waals surface area contributed by atoms with Crippen molar-refractivity contribution >= 4 is 43.2 Å². The van der Waals surface area contributed by atoms with Crippen LogP contribution >= 0.6 is 43.2 Å². The van der Waals surface area contributed by atoms with Crippen LogP contribution in [0.3, 0.4) is 0 Å². The van der Waals surface area contributed by atoms with Crippen LogP contribution in [-0.4, -0.2) is 7.05 Å². The predicted octanol–water partition coefficient (Wildman–Crippen LogP) is 6.10. The molecule has 1 nitrogen and oxygen atoms in total. The molecule has 0 saturated carbocycles. The second-order valence-corrected chi connectivity index (χ2v) is 8.22. The first-order chi connectivity index (χ1) is 9.56. The number of nitrogens with one attached hydrogen (secondary N) is 1. The van der Waals surface area contributed by atoms with Gasteiger partial charge in [0.15, 0.2) is 0 Å². The quantitative estimate of drug-likeness (QED) is 0.621. The fourth-order valence-corrected chi connectivity index (χ4v) is 4.46. The summed E-state index contributed by atoms with van der Waals surface area (Å²) in [4.78, 5) is 1.31. The molecule has 4 heteroatoms. The van der Waals surface area contributed by atoms with Crippen LogP contribution in [0.25, 0.3) is 0 Å². The van der Waals surface area contributed by atoms with Crippen LogP contribution in [-0.2, 0) is 0 Å². The molecule has 0 aliphatic rings. The number of rotatable bonds is 5. The van der Waals surface area contributed by atoms with Crippen molar-refractivity contribution in [1.29, 1.82) is 0 Å². The summed E-state index contributed by atoms with van der Waals surface area (Å²) < 4.78 is 2.26.